The van der Waals surface area contributed by atoms with Crippen LogP contribution in [-0.4, -0.2) is 26.9 Å². The van der Waals surface area contributed by atoms with Crippen molar-refractivity contribution in [3.63, 3.8) is 0 Å². The van der Waals surface area contributed by atoms with Gasteiger partial charge in [-0.25, -0.2) is 4.68 Å². The average Bonchev–Trinajstić information content (AvgIpc) is 3.28. The quantitative estimate of drug-likeness (QED) is 0.709. The van der Waals surface area contributed by atoms with Crippen LogP contribution in [-0.2, 0) is 21.5 Å². The SMILES string of the molecule is Cc1c(N2C(=O)CS[C@@]23C(=O)Nc2ccccc23)c(=O)n(-c2ccccc2)n1C. The van der Waals surface area contributed by atoms with E-state index in [0.29, 0.717) is 22.6 Å². The van der Waals surface area contributed by atoms with Crippen LogP contribution in [0.4, 0.5) is 11.4 Å². The number of carbonyl (C=O) groups excluding carboxylic acids is 2. The molecule has 0 bridgehead atoms. The van der Waals surface area contributed by atoms with E-state index in [9.17, 15) is 14.4 Å². The molecule has 1 atom stereocenters. The monoisotopic (exact) mass is 406 g/mol. The highest BCUT2D eigenvalue weighted by Gasteiger charge is 2.59. The van der Waals surface area contributed by atoms with Gasteiger partial charge in [-0.15, -0.1) is 11.8 Å². The zero-order valence-corrected chi connectivity index (χ0v) is 16.7. The van der Waals surface area contributed by atoms with Crippen LogP contribution in [0.2, 0.25) is 0 Å². The van der Waals surface area contributed by atoms with Gasteiger partial charge in [-0.05, 0) is 25.1 Å². The molecule has 2 amide bonds. The van der Waals surface area contributed by atoms with Crippen LogP contribution in [0, 0.1) is 6.92 Å². The first-order valence-corrected chi connectivity index (χ1v) is 10.2. The molecule has 1 saturated heterocycles. The third-order valence-electron chi connectivity index (χ3n) is 5.56. The standard InChI is InChI=1S/C21H18N4O3S/c1-13-18(19(27)25(23(13)2)14-8-4-3-5-9-14)24-17(26)12-29-21(24)15-10-6-7-11-16(15)22-20(21)28/h3-11H,12H2,1-2H3,(H,22,28)/t21-/m0/s1. The second-order valence-electron chi connectivity index (χ2n) is 7.07. The summed E-state index contributed by atoms with van der Waals surface area (Å²) in [4.78, 5) is 39.8. The number of benzene rings is 2. The highest BCUT2D eigenvalue weighted by atomic mass is 32.2. The molecule has 1 fully saturated rings. The van der Waals surface area contributed by atoms with Crippen LogP contribution in [0.25, 0.3) is 5.69 Å². The Morgan fingerprint density at radius 2 is 1.69 bits per heavy atom. The summed E-state index contributed by atoms with van der Waals surface area (Å²) in [5.74, 6) is -0.433. The minimum absolute atomic E-state index is 0.126. The number of rotatable bonds is 2. The van der Waals surface area contributed by atoms with Gasteiger partial charge in [0.25, 0.3) is 11.5 Å². The second kappa shape index (κ2) is 6.12. The van der Waals surface area contributed by atoms with Gasteiger partial charge in [-0.1, -0.05) is 36.4 Å². The van der Waals surface area contributed by atoms with E-state index in [4.69, 9.17) is 0 Å². The van der Waals surface area contributed by atoms with E-state index in [1.165, 1.54) is 21.3 Å². The number of carbonyl (C=O) groups is 2. The van der Waals surface area contributed by atoms with E-state index >= 15 is 0 Å². The van der Waals surface area contributed by atoms with Crippen molar-refractivity contribution in [3.8, 4) is 5.69 Å². The van der Waals surface area contributed by atoms with E-state index in [-0.39, 0.29) is 28.8 Å². The van der Waals surface area contributed by atoms with Gasteiger partial charge in [0.1, 0.15) is 5.69 Å². The van der Waals surface area contributed by atoms with E-state index in [1.807, 2.05) is 54.6 Å². The van der Waals surface area contributed by atoms with Crippen molar-refractivity contribution in [1.29, 1.82) is 0 Å². The topological polar surface area (TPSA) is 76.3 Å². The summed E-state index contributed by atoms with van der Waals surface area (Å²) < 4.78 is 3.24. The van der Waals surface area contributed by atoms with Crippen molar-refractivity contribution in [1.82, 2.24) is 9.36 Å². The molecule has 0 radical (unpaired) electrons. The van der Waals surface area contributed by atoms with Crippen molar-refractivity contribution in [2.75, 3.05) is 16.0 Å². The predicted molar refractivity (Wildman–Crippen MR) is 112 cm³/mol. The van der Waals surface area contributed by atoms with Gasteiger partial charge in [0.05, 0.1) is 17.1 Å². The molecule has 0 unspecified atom stereocenters. The lowest BCUT2D eigenvalue weighted by Gasteiger charge is -2.31. The van der Waals surface area contributed by atoms with Gasteiger partial charge < -0.3 is 5.32 Å². The zero-order chi connectivity index (χ0) is 20.3. The normalized spacial score (nSPS) is 20.4. The molecule has 7 nitrogen and oxygen atoms in total. The Kier molecular flexibility index (Phi) is 3.76. The van der Waals surface area contributed by atoms with Crippen LogP contribution in [0.5, 0.6) is 0 Å². The summed E-state index contributed by atoms with van der Waals surface area (Å²) in [7, 11) is 1.77. The molecule has 3 aromatic rings. The Balaban J connectivity index is 1.77. The Hall–Kier alpha value is -3.26. The highest BCUT2D eigenvalue weighted by molar-refractivity contribution is 8.02. The molecule has 1 spiro atoms. The van der Waals surface area contributed by atoms with Gasteiger partial charge >= 0.3 is 0 Å². The van der Waals surface area contributed by atoms with Gasteiger partial charge in [-0.2, -0.15) is 0 Å². The van der Waals surface area contributed by atoms with Gasteiger partial charge in [0.15, 0.2) is 0 Å². The third-order valence-corrected chi connectivity index (χ3v) is 6.96. The van der Waals surface area contributed by atoms with Crippen molar-refractivity contribution >= 4 is 35.0 Å². The zero-order valence-electron chi connectivity index (χ0n) is 15.9. The Bertz CT molecular complexity index is 1230. The number of amides is 2. The number of nitrogens with one attached hydrogen (secondary N) is 1. The number of para-hydroxylation sites is 2. The van der Waals surface area contributed by atoms with Gasteiger partial charge in [0.2, 0.25) is 10.8 Å². The maximum Gasteiger partial charge on any atom is 0.295 e. The summed E-state index contributed by atoms with van der Waals surface area (Å²) in [6, 6.07) is 16.6. The largest absolute Gasteiger partial charge is 0.323 e. The van der Waals surface area contributed by atoms with Crippen molar-refractivity contribution in [2.24, 2.45) is 7.05 Å². The second-order valence-corrected chi connectivity index (χ2v) is 8.24. The first-order valence-electron chi connectivity index (χ1n) is 9.19. The third kappa shape index (κ3) is 2.23. The molecule has 2 aliphatic rings. The smallest absolute Gasteiger partial charge is 0.295 e. The number of hydrogen-bond acceptors (Lipinski definition) is 4. The summed E-state index contributed by atoms with van der Waals surface area (Å²) in [6.45, 7) is 1.79. The number of hydrogen-bond donors (Lipinski definition) is 1. The van der Waals surface area contributed by atoms with E-state index in [0.717, 1.165) is 0 Å². The molecule has 1 N–H and O–H groups in total. The van der Waals surface area contributed by atoms with Crippen LogP contribution in [0.1, 0.15) is 11.3 Å². The molecule has 5 rings (SSSR count). The van der Waals surface area contributed by atoms with E-state index in [2.05, 4.69) is 5.32 Å². The Morgan fingerprint density at radius 3 is 2.45 bits per heavy atom. The molecule has 0 aliphatic carbocycles. The molecule has 2 aliphatic heterocycles. The molecule has 146 valence electrons. The molecular weight excluding hydrogens is 388 g/mol. The number of anilines is 2. The summed E-state index contributed by atoms with van der Waals surface area (Å²) >= 11 is 1.25. The first kappa shape index (κ1) is 17.8. The number of fused-ring (bicyclic) bond motifs is 2. The summed E-state index contributed by atoms with van der Waals surface area (Å²) in [6.07, 6.45) is 0. The van der Waals surface area contributed by atoms with Crippen LogP contribution in [0.3, 0.4) is 0 Å². The van der Waals surface area contributed by atoms with Crippen molar-refractivity contribution in [2.45, 2.75) is 11.8 Å². The van der Waals surface area contributed by atoms with Crippen molar-refractivity contribution < 1.29 is 9.59 Å². The van der Waals surface area contributed by atoms with Gasteiger partial charge in [0, 0.05) is 18.3 Å². The number of nitrogens with zero attached hydrogens (tertiary/aromatic N) is 3. The molecule has 0 saturated carbocycles. The van der Waals surface area contributed by atoms with E-state index in [1.54, 1.807) is 18.7 Å². The Labute approximate surface area is 170 Å². The minimum atomic E-state index is -1.27. The fourth-order valence-corrected chi connectivity index (χ4v) is 5.45. The molecule has 2 aromatic carbocycles. The van der Waals surface area contributed by atoms with E-state index < -0.39 is 4.87 Å². The number of aromatic nitrogens is 2. The fourth-order valence-electron chi connectivity index (χ4n) is 4.15. The Morgan fingerprint density at radius 1 is 1.00 bits per heavy atom. The van der Waals surface area contributed by atoms with Crippen LogP contribution in [0.15, 0.2) is 59.4 Å². The summed E-state index contributed by atoms with van der Waals surface area (Å²) in [5.41, 5.74) is 2.59. The molecule has 29 heavy (non-hydrogen) atoms. The molecular formula is C21H18N4O3S. The summed E-state index contributed by atoms with van der Waals surface area (Å²) in [5, 5.41) is 2.87. The average molecular weight is 406 g/mol. The van der Waals surface area contributed by atoms with Crippen LogP contribution < -0.4 is 15.8 Å². The fraction of sp³-hybridized carbons (Fsp3) is 0.190. The minimum Gasteiger partial charge on any atom is -0.323 e. The molecule has 8 heteroatoms. The lowest BCUT2D eigenvalue weighted by atomic mass is 10.0. The van der Waals surface area contributed by atoms with Crippen LogP contribution >= 0.6 is 11.8 Å². The lowest BCUT2D eigenvalue weighted by molar-refractivity contribution is -0.122. The molecule has 3 heterocycles. The van der Waals surface area contributed by atoms with Crippen molar-refractivity contribution in [3.05, 3.63) is 76.2 Å². The maximum absolute atomic E-state index is 13.5. The number of thioether (sulfide) groups is 1. The molecule has 1 aromatic heterocycles. The predicted octanol–water partition coefficient (Wildman–Crippen LogP) is 2.37. The maximum atomic E-state index is 13.5. The van der Waals surface area contributed by atoms with Gasteiger partial charge in [-0.3, -0.25) is 24.0 Å². The highest BCUT2D eigenvalue weighted by Crippen LogP contribution is 2.53. The first-order chi connectivity index (χ1) is 14.0. The lowest BCUT2D eigenvalue weighted by Crippen LogP contribution is -2.49.